The maximum Gasteiger partial charge on any atom is 0.268 e. The number of carbonyl (C=O) groups is 1. The lowest BCUT2D eigenvalue weighted by Gasteiger charge is -2.10. The van der Waals surface area contributed by atoms with Crippen molar-refractivity contribution in [3.8, 4) is 11.1 Å². The van der Waals surface area contributed by atoms with Gasteiger partial charge in [-0.25, -0.2) is 8.51 Å². The third-order valence-electron chi connectivity index (χ3n) is 4.62. The van der Waals surface area contributed by atoms with Crippen molar-refractivity contribution in [3.05, 3.63) is 53.7 Å². The van der Waals surface area contributed by atoms with Crippen LogP contribution in [0.3, 0.4) is 0 Å². The highest BCUT2D eigenvalue weighted by Gasteiger charge is 2.21. The van der Waals surface area contributed by atoms with Gasteiger partial charge in [0.2, 0.25) is 0 Å². The first kappa shape index (κ1) is 19.3. The number of para-hydroxylation sites is 1. The average molecular weight is 384 g/mol. The number of amides is 1. The molecule has 1 unspecified atom stereocenters. The van der Waals surface area contributed by atoms with E-state index in [1.54, 1.807) is 25.4 Å². The van der Waals surface area contributed by atoms with E-state index in [0.29, 0.717) is 11.6 Å². The van der Waals surface area contributed by atoms with Gasteiger partial charge in [0.1, 0.15) is 16.7 Å². The summed E-state index contributed by atoms with van der Waals surface area (Å²) in [6, 6.07) is 13.7. The van der Waals surface area contributed by atoms with Crippen LogP contribution in [0.4, 0.5) is 0 Å². The van der Waals surface area contributed by atoms with Crippen LogP contribution in [0.15, 0.2) is 47.4 Å². The van der Waals surface area contributed by atoms with Crippen LogP contribution in [0.2, 0.25) is 0 Å². The molecule has 0 bridgehead atoms. The Morgan fingerprint density at radius 3 is 2.33 bits per heavy atom. The fourth-order valence-corrected chi connectivity index (χ4v) is 4.06. The minimum Gasteiger partial charge on any atom is -0.354 e. The van der Waals surface area contributed by atoms with Crippen LogP contribution in [0.25, 0.3) is 22.0 Å². The predicted molar refractivity (Wildman–Crippen MR) is 111 cm³/mol. The molecule has 0 saturated carbocycles. The molecule has 6 heteroatoms. The van der Waals surface area contributed by atoms with Crippen LogP contribution < -0.4 is 5.32 Å². The lowest BCUT2D eigenvalue weighted by Crippen LogP contribution is -2.19. The minimum atomic E-state index is -1.20. The lowest BCUT2D eigenvalue weighted by molar-refractivity contribution is 0.0959. The van der Waals surface area contributed by atoms with E-state index in [-0.39, 0.29) is 5.91 Å². The normalized spacial score (nSPS) is 12.7. The highest BCUT2D eigenvalue weighted by molar-refractivity contribution is 7.82. The molecule has 0 aliphatic carbocycles. The van der Waals surface area contributed by atoms with E-state index < -0.39 is 11.0 Å². The van der Waals surface area contributed by atoms with E-state index in [0.717, 1.165) is 26.9 Å². The number of hydrogen-bond donors (Lipinski definition) is 2. The Hall–Kier alpha value is -2.44. The molecule has 1 heterocycles. The van der Waals surface area contributed by atoms with Crippen LogP contribution in [0.1, 0.15) is 35.8 Å². The van der Waals surface area contributed by atoms with E-state index in [4.69, 9.17) is 0 Å². The Kier molecular flexibility index (Phi) is 5.48. The van der Waals surface area contributed by atoms with E-state index in [1.165, 1.54) is 5.56 Å². The second kappa shape index (κ2) is 7.66. The topological polar surface area (TPSA) is 65.2 Å². The summed E-state index contributed by atoms with van der Waals surface area (Å²) in [5.74, 6) is 0.180. The zero-order valence-corrected chi connectivity index (χ0v) is 17.1. The molecule has 27 heavy (non-hydrogen) atoms. The number of hydrogen-bond acceptors (Lipinski definition) is 2. The van der Waals surface area contributed by atoms with Crippen molar-refractivity contribution < 1.29 is 9.00 Å². The number of fused-ring (bicyclic) bond motifs is 1. The number of nitrogens with one attached hydrogen (secondary N) is 2. The number of aromatic amines is 1. The average Bonchev–Trinajstić information content (AvgIpc) is 3.06. The third-order valence-corrected chi connectivity index (χ3v) is 5.96. The monoisotopic (exact) mass is 383 g/mol. The van der Waals surface area contributed by atoms with Gasteiger partial charge in [0.15, 0.2) is 0 Å². The van der Waals surface area contributed by atoms with Gasteiger partial charge in [-0.15, -0.1) is 0 Å². The Balaban J connectivity index is 2.22. The molecular formula is C21H25N3O2S. The van der Waals surface area contributed by atoms with Crippen molar-refractivity contribution in [3.63, 3.8) is 0 Å². The first-order valence-electron chi connectivity index (χ1n) is 8.91. The van der Waals surface area contributed by atoms with Crippen LogP contribution in [0, 0.1) is 0 Å². The molecular weight excluding hydrogens is 358 g/mol. The quantitative estimate of drug-likeness (QED) is 0.702. The molecule has 1 aromatic heterocycles. The van der Waals surface area contributed by atoms with Crippen molar-refractivity contribution in [2.45, 2.75) is 24.7 Å². The predicted octanol–water partition coefficient (Wildman–Crippen LogP) is 3.90. The first-order valence-corrected chi connectivity index (χ1v) is 10.0. The van der Waals surface area contributed by atoms with Gasteiger partial charge in [-0.1, -0.05) is 44.2 Å². The first-order chi connectivity index (χ1) is 12.8. The fourth-order valence-electron chi connectivity index (χ4n) is 3.27. The largest absolute Gasteiger partial charge is 0.354 e. The molecule has 2 aromatic carbocycles. The van der Waals surface area contributed by atoms with Gasteiger partial charge >= 0.3 is 0 Å². The summed E-state index contributed by atoms with van der Waals surface area (Å²) >= 11 is 0. The Bertz CT molecular complexity index is 1000. The van der Waals surface area contributed by atoms with Gasteiger partial charge in [-0.2, -0.15) is 0 Å². The smallest absolute Gasteiger partial charge is 0.268 e. The molecule has 1 amide bonds. The molecule has 0 radical (unpaired) electrons. The van der Waals surface area contributed by atoms with Gasteiger partial charge in [0.25, 0.3) is 5.91 Å². The molecule has 5 nitrogen and oxygen atoms in total. The lowest BCUT2D eigenvalue weighted by atomic mass is 9.97. The number of rotatable bonds is 5. The number of benzene rings is 2. The van der Waals surface area contributed by atoms with Gasteiger partial charge in [-0.05, 0) is 43.3 Å². The van der Waals surface area contributed by atoms with Crippen molar-refractivity contribution in [1.82, 2.24) is 14.6 Å². The zero-order valence-electron chi connectivity index (χ0n) is 16.3. The molecule has 3 rings (SSSR count). The summed E-state index contributed by atoms with van der Waals surface area (Å²) in [6.45, 7) is 4.28. The molecule has 0 fully saturated rings. The van der Waals surface area contributed by atoms with Gasteiger partial charge < -0.3 is 10.3 Å². The number of nitrogens with zero attached hydrogens (tertiary/aromatic N) is 1. The standard InChI is InChI=1S/C21H25N3O2S/c1-13(2)16-7-6-8-17-18(20(21(25)22-3)23-19(16)17)14-9-11-15(12-10-14)27(26)24(4)5/h6-13,23H,1-5H3,(H,22,25). The summed E-state index contributed by atoms with van der Waals surface area (Å²) in [5, 5.41) is 3.74. The molecule has 1 atom stereocenters. The van der Waals surface area contributed by atoms with E-state index in [1.807, 2.05) is 36.4 Å². The number of carbonyl (C=O) groups excluding carboxylic acids is 1. The van der Waals surface area contributed by atoms with Crippen molar-refractivity contribution in [2.75, 3.05) is 21.1 Å². The molecule has 142 valence electrons. The number of H-pyrrole nitrogens is 1. The summed E-state index contributed by atoms with van der Waals surface area (Å²) in [5.41, 5.74) is 4.49. The summed E-state index contributed by atoms with van der Waals surface area (Å²) < 4.78 is 13.9. The third kappa shape index (κ3) is 3.55. The zero-order chi connectivity index (χ0) is 19.7. The molecule has 0 spiro atoms. The van der Waals surface area contributed by atoms with Gasteiger partial charge in [0.05, 0.1) is 10.4 Å². The number of aromatic nitrogens is 1. The Labute approximate surface area is 162 Å². The van der Waals surface area contributed by atoms with E-state index >= 15 is 0 Å². The molecule has 2 N–H and O–H groups in total. The fraction of sp³-hybridized carbons (Fsp3) is 0.286. The van der Waals surface area contributed by atoms with Crippen LogP contribution in [-0.4, -0.2) is 40.5 Å². The van der Waals surface area contributed by atoms with Gasteiger partial charge in [-0.3, -0.25) is 4.79 Å². The van der Waals surface area contributed by atoms with Crippen LogP contribution in [0.5, 0.6) is 0 Å². The molecule has 0 saturated heterocycles. The second-order valence-corrected chi connectivity index (χ2v) is 8.66. The van der Waals surface area contributed by atoms with Gasteiger partial charge in [0, 0.05) is 18.0 Å². The van der Waals surface area contributed by atoms with Crippen molar-refractivity contribution in [2.24, 2.45) is 0 Å². The van der Waals surface area contributed by atoms with E-state index in [2.05, 4.69) is 30.2 Å². The van der Waals surface area contributed by atoms with Crippen LogP contribution in [-0.2, 0) is 11.0 Å². The van der Waals surface area contributed by atoms with Crippen LogP contribution >= 0.6 is 0 Å². The molecule has 3 aromatic rings. The highest BCUT2D eigenvalue weighted by atomic mass is 32.2. The molecule has 0 aliphatic rings. The Morgan fingerprint density at radius 2 is 1.78 bits per heavy atom. The second-order valence-electron chi connectivity index (χ2n) is 6.96. The summed E-state index contributed by atoms with van der Waals surface area (Å²) in [7, 11) is 3.99. The SMILES string of the molecule is CNC(=O)c1[nH]c2c(C(C)C)cccc2c1-c1ccc(S(=O)N(C)C)cc1. The van der Waals surface area contributed by atoms with E-state index in [9.17, 15) is 9.00 Å². The Morgan fingerprint density at radius 1 is 1.11 bits per heavy atom. The summed E-state index contributed by atoms with van der Waals surface area (Å²) in [4.78, 5) is 16.6. The molecule has 0 aliphatic heterocycles. The van der Waals surface area contributed by atoms with Crippen molar-refractivity contribution >= 4 is 27.8 Å². The minimum absolute atomic E-state index is 0.156. The highest BCUT2D eigenvalue weighted by Crippen LogP contribution is 2.36. The maximum atomic E-state index is 12.5. The maximum absolute atomic E-state index is 12.5. The summed E-state index contributed by atoms with van der Waals surface area (Å²) in [6.07, 6.45) is 0. The van der Waals surface area contributed by atoms with Crippen molar-refractivity contribution in [1.29, 1.82) is 0 Å².